The first kappa shape index (κ1) is 12.9. The van der Waals surface area contributed by atoms with Gasteiger partial charge in [0.05, 0.1) is 5.69 Å². The van der Waals surface area contributed by atoms with Gasteiger partial charge in [0, 0.05) is 26.2 Å². The van der Waals surface area contributed by atoms with Gasteiger partial charge >= 0.3 is 0 Å². The molecule has 0 unspecified atom stereocenters. The molecule has 0 saturated carbocycles. The number of aryl methyl sites for hydroxylation is 1. The summed E-state index contributed by atoms with van der Waals surface area (Å²) in [4.78, 5) is 0. The van der Waals surface area contributed by atoms with E-state index in [0.717, 1.165) is 33.5 Å². The van der Waals surface area contributed by atoms with Gasteiger partial charge in [-0.15, -0.1) is 0 Å². The number of halogens is 2. The third-order valence-electron chi connectivity index (χ3n) is 2.73. The lowest BCUT2D eigenvalue weighted by molar-refractivity contribution is 0.781. The molecule has 0 bridgehead atoms. The van der Waals surface area contributed by atoms with Gasteiger partial charge in [-0.25, -0.2) is 0 Å². The summed E-state index contributed by atoms with van der Waals surface area (Å²) in [6.07, 6.45) is 0.882. The lowest BCUT2D eigenvalue weighted by Crippen LogP contribution is -1.98. The Morgan fingerprint density at radius 2 is 2.18 bits per heavy atom. The van der Waals surface area contributed by atoms with Crippen LogP contribution in [0.25, 0.3) is 11.3 Å². The SMILES string of the molecule is CCc1c(-c2cc(I)ccc2Br)nn(C)c1N. The predicted molar refractivity (Wildman–Crippen MR) is 82.9 cm³/mol. The van der Waals surface area contributed by atoms with Crippen molar-refractivity contribution in [3.63, 3.8) is 0 Å². The van der Waals surface area contributed by atoms with Crippen molar-refractivity contribution in [2.24, 2.45) is 7.05 Å². The summed E-state index contributed by atoms with van der Waals surface area (Å²) in [5.74, 6) is 0.744. The Kier molecular flexibility index (Phi) is 3.77. The first-order valence-electron chi connectivity index (χ1n) is 5.31. The molecule has 5 heteroatoms. The van der Waals surface area contributed by atoms with Crippen LogP contribution in [0.4, 0.5) is 5.82 Å². The molecule has 1 heterocycles. The Labute approximate surface area is 123 Å². The summed E-state index contributed by atoms with van der Waals surface area (Å²) < 4.78 is 3.97. The van der Waals surface area contributed by atoms with E-state index in [-0.39, 0.29) is 0 Å². The Bertz CT molecular complexity index is 563. The predicted octanol–water partition coefficient (Wildman–Crippen LogP) is 3.60. The van der Waals surface area contributed by atoms with Crippen LogP contribution in [0.1, 0.15) is 12.5 Å². The second-order valence-corrected chi connectivity index (χ2v) is 5.91. The zero-order chi connectivity index (χ0) is 12.6. The van der Waals surface area contributed by atoms with Crippen LogP contribution in [0.2, 0.25) is 0 Å². The highest BCUT2D eigenvalue weighted by atomic mass is 127. The third kappa shape index (κ3) is 2.35. The van der Waals surface area contributed by atoms with Crippen molar-refractivity contribution < 1.29 is 0 Å². The van der Waals surface area contributed by atoms with Crippen LogP contribution in [0.3, 0.4) is 0 Å². The zero-order valence-corrected chi connectivity index (χ0v) is 13.4. The summed E-state index contributed by atoms with van der Waals surface area (Å²) in [7, 11) is 1.87. The minimum absolute atomic E-state index is 0.744. The highest BCUT2D eigenvalue weighted by Crippen LogP contribution is 2.33. The summed E-state index contributed by atoms with van der Waals surface area (Å²) in [6, 6.07) is 6.22. The maximum Gasteiger partial charge on any atom is 0.125 e. The maximum atomic E-state index is 6.02. The number of hydrogen-bond donors (Lipinski definition) is 1. The summed E-state index contributed by atoms with van der Waals surface area (Å²) in [5.41, 5.74) is 9.20. The molecule has 2 N–H and O–H groups in total. The van der Waals surface area contributed by atoms with Crippen molar-refractivity contribution in [3.05, 3.63) is 31.8 Å². The van der Waals surface area contributed by atoms with Crippen molar-refractivity contribution >= 4 is 44.3 Å². The molecule has 0 fully saturated rings. The van der Waals surface area contributed by atoms with Crippen molar-refractivity contribution in [3.8, 4) is 11.3 Å². The molecule has 0 saturated heterocycles. The fraction of sp³-hybridized carbons (Fsp3) is 0.250. The van der Waals surface area contributed by atoms with E-state index < -0.39 is 0 Å². The highest BCUT2D eigenvalue weighted by molar-refractivity contribution is 14.1. The Balaban J connectivity index is 2.68. The van der Waals surface area contributed by atoms with E-state index in [1.54, 1.807) is 4.68 Å². The number of hydrogen-bond acceptors (Lipinski definition) is 2. The smallest absolute Gasteiger partial charge is 0.125 e. The summed E-state index contributed by atoms with van der Waals surface area (Å²) >= 11 is 5.87. The van der Waals surface area contributed by atoms with Gasteiger partial charge in [-0.3, -0.25) is 4.68 Å². The molecule has 90 valence electrons. The van der Waals surface area contributed by atoms with Crippen LogP contribution in [-0.2, 0) is 13.5 Å². The molecular formula is C12H13BrIN3. The van der Waals surface area contributed by atoms with Crippen LogP contribution < -0.4 is 5.73 Å². The van der Waals surface area contributed by atoms with Crippen molar-refractivity contribution in [1.29, 1.82) is 0 Å². The van der Waals surface area contributed by atoms with Gasteiger partial charge in [0.25, 0.3) is 0 Å². The lowest BCUT2D eigenvalue weighted by atomic mass is 10.1. The molecule has 0 aliphatic rings. The number of aromatic nitrogens is 2. The van der Waals surface area contributed by atoms with Crippen LogP contribution in [-0.4, -0.2) is 9.78 Å². The fourth-order valence-electron chi connectivity index (χ4n) is 1.82. The van der Waals surface area contributed by atoms with Gasteiger partial charge in [-0.2, -0.15) is 5.10 Å². The average molecular weight is 406 g/mol. The minimum Gasteiger partial charge on any atom is -0.384 e. The normalized spacial score (nSPS) is 10.8. The van der Waals surface area contributed by atoms with Crippen LogP contribution in [0, 0.1) is 3.57 Å². The Hall–Kier alpha value is -0.560. The first-order chi connectivity index (χ1) is 8.04. The topological polar surface area (TPSA) is 43.8 Å². The molecule has 2 rings (SSSR count). The molecule has 0 aliphatic carbocycles. The second-order valence-electron chi connectivity index (χ2n) is 3.81. The third-order valence-corrected chi connectivity index (χ3v) is 4.09. The number of rotatable bonds is 2. The number of benzene rings is 1. The highest BCUT2D eigenvalue weighted by Gasteiger charge is 2.16. The molecular weight excluding hydrogens is 393 g/mol. The van der Waals surface area contributed by atoms with Crippen molar-refractivity contribution in [1.82, 2.24) is 9.78 Å². The summed E-state index contributed by atoms with van der Waals surface area (Å²) in [6.45, 7) is 2.10. The fourth-order valence-corrected chi connectivity index (χ4v) is 2.75. The van der Waals surface area contributed by atoms with E-state index in [2.05, 4.69) is 62.7 Å². The number of nitrogens with two attached hydrogens (primary N) is 1. The van der Waals surface area contributed by atoms with Crippen LogP contribution >= 0.6 is 38.5 Å². The lowest BCUT2D eigenvalue weighted by Gasteiger charge is -2.04. The Morgan fingerprint density at radius 3 is 2.82 bits per heavy atom. The van der Waals surface area contributed by atoms with E-state index in [0.29, 0.717) is 0 Å². The van der Waals surface area contributed by atoms with Gasteiger partial charge in [0.15, 0.2) is 0 Å². The van der Waals surface area contributed by atoms with Crippen LogP contribution in [0.5, 0.6) is 0 Å². The molecule has 0 radical (unpaired) electrons. The van der Waals surface area contributed by atoms with E-state index >= 15 is 0 Å². The number of nitrogen functional groups attached to an aromatic ring is 1. The average Bonchev–Trinajstić information content (AvgIpc) is 2.58. The quantitative estimate of drug-likeness (QED) is 0.775. The van der Waals surface area contributed by atoms with Gasteiger partial charge in [0.2, 0.25) is 0 Å². The monoisotopic (exact) mass is 405 g/mol. The van der Waals surface area contributed by atoms with E-state index in [1.165, 1.54) is 3.57 Å². The van der Waals surface area contributed by atoms with Gasteiger partial charge in [0.1, 0.15) is 5.82 Å². The first-order valence-corrected chi connectivity index (χ1v) is 7.18. The van der Waals surface area contributed by atoms with Gasteiger partial charge in [-0.1, -0.05) is 22.9 Å². The largest absolute Gasteiger partial charge is 0.384 e. The van der Waals surface area contributed by atoms with Gasteiger partial charge < -0.3 is 5.73 Å². The molecule has 0 aliphatic heterocycles. The zero-order valence-electron chi connectivity index (χ0n) is 9.67. The molecule has 2 aromatic rings. The summed E-state index contributed by atoms with van der Waals surface area (Å²) in [5, 5.41) is 4.51. The van der Waals surface area contributed by atoms with E-state index in [1.807, 2.05) is 13.1 Å². The van der Waals surface area contributed by atoms with Crippen LogP contribution in [0.15, 0.2) is 22.7 Å². The maximum absolute atomic E-state index is 6.02. The van der Waals surface area contributed by atoms with E-state index in [4.69, 9.17) is 5.73 Å². The van der Waals surface area contributed by atoms with Gasteiger partial charge in [-0.05, 0) is 47.2 Å². The molecule has 17 heavy (non-hydrogen) atoms. The minimum atomic E-state index is 0.744. The molecule has 3 nitrogen and oxygen atoms in total. The molecule has 0 spiro atoms. The second kappa shape index (κ2) is 4.97. The van der Waals surface area contributed by atoms with Crippen molar-refractivity contribution in [2.45, 2.75) is 13.3 Å². The molecule has 0 atom stereocenters. The number of nitrogens with zero attached hydrogens (tertiary/aromatic N) is 2. The van der Waals surface area contributed by atoms with E-state index in [9.17, 15) is 0 Å². The molecule has 1 aromatic heterocycles. The molecule has 1 aromatic carbocycles. The Morgan fingerprint density at radius 1 is 1.47 bits per heavy atom. The number of anilines is 1. The molecule has 0 amide bonds. The standard InChI is InChI=1S/C12H13BrIN3/c1-3-8-11(16-17(2)12(8)15)9-6-7(14)4-5-10(9)13/h4-6H,3,15H2,1-2H3. The van der Waals surface area contributed by atoms with Crippen molar-refractivity contribution in [2.75, 3.05) is 5.73 Å².